The van der Waals surface area contributed by atoms with Crippen LogP contribution in [0.4, 0.5) is 0 Å². The molecule has 1 heterocycles. The minimum absolute atomic E-state index is 0.622. The topological polar surface area (TPSA) is 26.0 Å². The monoisotopic (exact) mass is 194 g/mol. The van der Waals surface area contributed by atoms with Crippen molar-refractivity contribution < 1.29 is 4.42 Å². The van der Waals surface area contributed by atoms with Crippen molar-refractivity contribution >= 4 is 11.1 Å². The molecule has 2 nitrogen and oxygen atoms in total. The number of hydrogen-bond donors (Lipinski definition) is 0. The van der Waals surface area contributed by atoms with Crippen LogP contribution in [0.2, 0.25) is 0 Å². The van der Waals surface area contributed by atoms with E-state index in [-0.39, 0.29) is 0 Å². The second-order valence-corrected chi connectivity index (χ2v) is 3.26. The molecule has 0 unspecified atom stereocenters. The zero-order valence-electron chi connectivity index (χ0n) is 7.97. The summed E-state index contributed by atoms with van der Waals surface area (Å²) in [6.45, 7) is 0. The molecule has 1 aromatic heterocycles. The number of oxazole rings is 1. The van der Waals surface area contributed by atoms with E-state index in [1.165, 1.54) is 0 Å². The standard InChI is InChI=1S/C13H8NO/c1-2-6-10(7-3-1)13-14-11-8-4-5-9-12(11)15-13/h1-6,8-9H. The number of aromatic nitrogens is 1. The molecule has 0 aliphatic heterocycles. The quantitative estimate of drug-likeness (QED) is 0.594. The van der Waals surface area contributed by atoms with E-state index >= 15 is 0 Å². The van der Waals surface area contributed by atoms with Crippen LogP contribution in [-0.4, -0.2) is 4.98 Å². The first kappa shape index (κ1) is 8.24. The first-order chi connectivity index (χ1) is 7.43. The van der Waals surface area contributed by atoms with Gasteiger partial charge >= 0.3 is 0 Å². The van der Waals surface area contributed by atoms with E-state index in [0.29, 0.717) is 5.89 Å². The van der Waals surface area contributed by atoms with Gasteiger partial charge in [0.05, 0.1) is 0 Å². The van der Waals surface area contributed by atoms with Crippen LogP contribution in [0.1, 0.15) is 0 Å². The Kier molecular flexibility index (Phi) is 1.78. The number of benzene rings is 2. The Morgan fingerprint density at radius 2 is 1.87 bits per heavy atom. The molecule has 0 spiro atoms. The lowest BCUT2D eigenvalue weighted by Crippen LogP contribution is -1.74. The van der Waals surface area contributed by atoms with Crippen molar-refractivity contribution in [3.63, 3.8) is 0 Å². The lowest BCUT2D eigenvalue weighted by molar-refractivity contribution is 0.619. The fraction of sp³-hybridized carbons (Fsp3) is 0. The van der Waals surface area contributed by atoms with Crippen molar-refractivity contribution in [1.29, 1.82) is 0 Å². The smallest absolute Gasteiger partial charge is 0.227 e. The maximum Gasteiger partial charge on any atom is 0.227 e. The fourth-order valence-electron chi connectivity index (χ4n) is 1.51. The van der Waals surface area contributed by atoms with E-state index in [2.05, 4.69) is 11.1 Å². The number of nitrogens with zero attached hydrogens (tertiary/aromatic N) is 1. The number of para-hydroxylation sites is 2. The van der Waals surface area contributed by atoms with Crippen molar-refractivity contribution in [2.75, 3.05) is 0 Å². The highest BCUT2D eigenvalue weighted by Crippen LogP contribution is 2.22. The lowest BCUT2D eigenvalue weighted by atomic mass is 10.2. The predicted molar refractivity (Wildman–Crippen MR) is 58.3 cm³/mol. The predicted octanol–water partition coefficient (Wildman–Crippen LogP) is 3.29. The van der Waals surface area contributed by atoms with Crippen molar-refractivity contribution in [2.45, 2.75) is 0 Å². The molecule has 0 N–H and O–H groups in total. The third kappa shape index (κ3) is 1.40. The molecule has 0 aliphatic rings. The average molecular weight is 194 g/mol. The molecule has 71 valence electrons. The molecule has 0 fully saturated rings. The zero-order chi connectivity index (χ0) is 10.1. The van der Waals surface area contributed by atoms with Crippen molar-refractivity contribution in [3.8, 4) is 11.5 Å². The van der Waals surface area contributed by atoms with Gasteiger partial charge in [0.2, 0.25) is 5.89 Å². The highest BCUT2D eigenvalue weighted by Gasteiger charge is 2.06. The highest BCUT2D eigenvalue weighted by molar-refractivity contribution is 5.75. The van der Waals surface area contributed by atoms with Gasteiger partial charge in [-0.15, -0.1) is 0 Å². The summed E-state index contributed by atoms with van der Waals surface area (Å²) in [5.41, 5.74) is 2.57. The van der Waals surface area contributed by atoms with Crippen LogP contribution >= 0.6 is 0 Å². The Labute approximate surface area is 87.2 Å². The van der Waals surface area contributed by atoms with E-state index in [0.717, 1.165) is 16.7 Å². The van der Waals surface area contributed by atoms with Gasteiger partial charge in [0.25, 0.3) is 0 Å². The molecule has 1 radical (unpaired) electrons. The summed E-state index contributed by atoms with van der Waals surface area (Å²) in [7, 11) is 0. The SMILES string of the molecule is [c]1ccccc1-c1nc2ccccc2o1. The van der Waals surface area contributed by atoms with Gasteiger partial charge in [-0.05, 0) is 24.3 Å². The number of hydrogen-bond acceptors (Lipinski definition) is 2. The van der Waals surface area contributed by atoms with Gasteiger partial charge in [0, 0.05) is 5.56 Å². The minimum Gasteiger partial charge on any atom is -0.436 e. The summed E-state index contributed by atoms with van der Waals surface area (Å²) in [6, 6.07) is 18.5. The Morgan fingerprint density at radius 1 is 1.00 bits per heavy atom. The third-order valence-electron chi connectivity index (χ3n) is 2.23. The van der Waals surface area contributed by atoms with Crippen LogP contribution in [0, 0.1) is 6.07 Å². The van der Waals surface area contributed by atoms with E-state index in [1.54, 1.807) is 0 Å². The molecule has 0 atom stereocenters. The molecule has 2 aromatic carbocycles. The Bertz CT molecular complexity index is 551. The Hall–Kier alpha value is -2.09. The van der Waals surface area contributed by atoms with Crippen LogP contribution in [0.5, 0.6) is 0 Å². The van der Waals surface area contributed by atoms with Gasteiger partial charge in [-0.25, -0.2) is 4.98 Å². The van der Waals surface area contributed by atoms with Gasteiger partial charge in [-0.2, -0.15) is 0 Å². The maximum atomic E-state index is 5.61. The molecule has 0 saturated heterocycles. The largest absolute Gasteiger partial charge is 0.436 e. The minimum atomic E-state index is 0.622. The summed E-state index contributed by atoms with van der Waals surface area (Å²) in [5.74, 6) is 0.622. The van der Waals surface area contributed by atoms with Crippen LogP contribution in [0.25, 0.3) is 22.6 Å². The number of fused-ring (bicyclic) bond motifs is 1. The zero-order valence-corrected chi connectivity index (χ0v) is 7.97. The summed E-state index contributed by atoms with van der Waals surface area (Å²) in [6.07, 6.45) is 0. The lowest BCUT2D eigenvalue weighted by Gasteiger charge is -1.90. The fourth-order valence-corrected chi connectivity index (χ4v) is 1.51. The molecule has 2 heteroatoms. The molecule has 3 rings (SSSR count). The number of rotatable bonds is 1. The second-order valence-electron chi connectivity index (χ2n) is 3.26. The molecule has 3 aromatic rings. The maximum absolute atomic E-state index is 5.61. The third-order valence-corrected chi connectivity index (χ3v) is 2.23. The summed E-state index contributed by atoms with van der Waals surface area (Å²) < 4.78 is 5.61. The van der Waals surface area contributed by atoms with Crippen LogP contribution in [-0.2, 0) is 0 Å². The molecule has 0 amide bonds. The van der Waals surface area contributed by atoms with E-state index in [4.69, 9.17) is 4.42 Å². The van der Waals surface area contributed by atoms with Gasteiger partial charge in [0.15, 0.2) is 5.58 Å². The van der Waals surface area contributed by atoms with Crippen LogP contribution < -0.4 is 0 Å². The molecule has 15 heavy (non-hydrogen) atoms. The van der Waals surface area contributed by atoms with E-state index in [9.17, 15) is 0 Å². The summed E-state index contributed by atoms with van der Waals surface area (Å²) in [4.78, 5) is 4.39. The first-order valence-electron chi connectivity index (χ1n) is 4.76. The molecular formula is C13H8NO. The van der Waals surface area contributed by atoms with E-state index < -0.39 is 0 Å². The van der Waals surface area contributed by atoms with Gasteiger partial charge in [0.1, 0.15) is 5.52 Å². The van der Waals surface area contributed by atoms with Gasteiger partial charge < -0.3 is 4.42 Å². The van der Waals surface area contributed by atoms with Crippen LogP contribution in [0.3, 0.4) is 0 Å². The molecule has 0 bridgehead atoms. The van der Waals surface area contributed by atoms with Crippen molar-refractivity contribution in [3.05, 3.63) is 54.6 Å². The van der Waals surface area contributed by atoms with Crippen molar-refractivity contribution in [1.82, 2.24) is 4.98 Å². The molecule has 0 saturated carbocycles. The Balaban J connectivity index is 2.21. The normalized spacial score (nSPS) is 10.7. The van der Waals surface area contributed by atoms with E-state index in [1.807, 2.05) is 48.5 Å². The highest BCUT2D eigenvalue weighted by atomic mass is 16.3. The summed E-state index contributed by atoms with van der Waals surface area (Å²) >= 11 is 0. The average Bonchev–Trinajstić information content (AvgIpc) is 2.74. The molecular weight excluding hydrogens is 186 g/mol. The second kappa shape index (κ2) is 3.24. The molecule has 0 aliphatic carbocycles. The van der Waals surface area contributed by atoms with Gasteiger partial charge in [-0.3, -0.25) is 0 Å². The van der Waals surface area contributed by atoms with Crippen molar-refractivity contribution in [2.24, 2.45) is 0 Å². The van der Waals surface area contributed by atoms with Crippen LogP contribution in [0.15, 0.2) is 52.9 Å². The first-order valence-corrected chi connectivity index (χ1v) is 4.76. The Morgan fingerprint density at radius 3 is 2.67 bits per heavy atom. The van der Waals surface area contributed by atoms with Gasteiger partial charge in [-0.1, -0.05) is 30.3 Å². The summed E-state index contributed by atoms with van der Waals surface area (Å²) in [5, 5.41) is 0.